The summed E-state index contributed by atoms with van der Waals surface area (Å²) in [5.41, 5.74) is 1.50. The molecule has 1 aliphatic heterocycles. The predicted molar refractivity (Wildman–Crippen MR) is 78.4 cm³/mol. The lowest BCUT2D eigenvalue weighted by Crippen LogP contribution is -2.35. The van der Waals surface area contributed by atoms with Gasteiger partial charge < -0.3 is 4.84 Å². The van der Waals surface area contributed by atoms with Crippen LogP contribution in [0.3, 0.4) is 0 Å². The van der Waals surface area contributed by atoms with Gasteiger partial charge in [0.05, 0.1) is 16.8 Å². The molecular weight excluding hydrogens is 284 g/mol. The molecule has 1 aromatic carbocycles. The number of imide groups is 1. The van der Waals surface area contributed by atoms with E-state index in [1.54, 1.807) is 24.3 Å². The third-order valence-corrected chi connectivity index (χ3v) is 3.87. The molecule has 0 bridgehead atoms. The Bertz CT molecular complexity index is 623. The Morgan fingerprint density at radius 3 is 2.23 bits per heavy atom. The average Bonchev–Trinajstić information content (AvgIpc) is 2.79. The summed E-state index contributed by atoms with van der Waals surface area (Å²) in [5, 5.41) is 3.84. The molecule has 6 nitrogen and oxygen atoms in total. The molecule has 0 unspecified atom stereocenters. The molecular formula is C16H16N2O4. The first kappa shape index (κ1) is 14.4. The van der Waals surface area contributed by atoms with Crippen molar-refractivity contribution in [3.63, 3.8) is 0 Å². The first-order valence-corrected chi connectivity index (χ1v) is 7.37. The van der Waals surface area contributed by atoms with E-state index in [4.69, 9.17) is 4.84 Å². The van der Waals surface area contributed by atoms with E-state index in [-0.39, 0.29) is 0 Å². The molecule has 0 aromatic heterocycles. The summed E-state index contributed by atoms with van der Waals surface area (Å²) in [7, 11) is 0. The zero-order chi connectivity index (χ0) is 15.5. The van der Waals surface area contributed by atoms with Crippen LogP contribution in [0.25, 0.3) is 0 Å². The van der Waals surface area contributed by atoms with Crippen molar-refractivity contribution in [3.8, 4) is 0 Å². The highest BCUT2D eigenvalue weighted by atomic mass is 16.7. The number of benzene rings is 1. The van der Waals surface area contributed by atoms with Gasteiger partial charge in [0.2, 0.25) is 0 Å². The molecule has 1 heterocycles. The lowest BCUT2D eigenvalue weighted by atomic mass is 9.99. The summed E-state index contributed by atoms with van der Waals surface area (Å²) in [6.07, 6.45) is 4.94. The molecule has 22 heavy (non-hydrogen) atoms. The van der Waals surface area contributed by atoms with Gasteiger partial charge in [-0.1, -0.05) is 23.7 Å². The highest BCUT2D eigenvalue weighted by Crippen LogP contribution is 2.22. The molecule has 3 rings (SSSR count). The maximum atomic E-state index is 12.1. The zero-order valence-corrected chi connectivity index (χ0v) is 12.1. The number of carbonyl (C=O) groups excluding carboxylic acids is 3. The number of fused-ring (bicyclic) bond motifs is 1. The predicted octanol–water partition coefficient (Wildman–Crippen LogP) is 2.15. The fourth-order valence-electron chi connectivity index (χ4n) is 2.71. The van der Waals surface area contributed by atoms with Crippen LogP contribution in [0.15, 0.2) is 29.4 Å². The van der Waals surface area contributed by atoms with Crippen molar-refractivity contribution in [1.82, 2.24) is 4.90 Å². The molecule has 0 radical (unpaired) electrons. The Kier molecular flexibility index (Phi) is 4.00. The second-order valence-electron chi connectivity index (χ2n) is 5.42. The smallest absolute Gasteiger partial charge is 0.316 e. The van der Waals surface area contributed by atoms with Gasteiger partial charge in [-0.15, -0.1) is 0 Å². The molecule has 1 fully saturated rings. The first-order chi connectivity index (χ1) is 10.7. The molecule has 1 aliphatic carbocycles. The van der Waals surface area contributed by atoms with Crippen molar-refractivity contribution in [2.75, 3.05) is 6.54 Å². The largest absolute Gasteiger partial charge is 0.354 e. The molecule has 2 aliphatic rings. The summed E-state index contributed by atoms with van der Waals surface area (Å²) in [5.74, 6) is -1.64. The summed E-state index contributed by atoms with van der Waals surface area (Å²) in [4.78, 5) is 41.8. The highest BCUT2D eigenvalue weighted by Gasteiger charge is 2.36. The number of hydrogen-bond acceptors (Lipinski definition) is 5. The van der Waals surface area contributed by atoms with Crippen LogP contribution in [0.5, 0.6) is 0 Å². The van der Waals surface area contributed by atoms with Crippen LogP contribution < -0.4 is 0 Å². The third-order valence-electron chi connectivity index (χ3n) is 3.87. The fourth-order valence-corrected chi connectivity index (χ4v) is 2.71. The van der Waals surface area contributed by atoms with Gasteiger partial charge in [0, 0.05) is 0 Å². The molecule has 1 aromatic rings. The minimum absolute atomic E-state index is 0.318. The topological polar surface area (TPSA) is 76.0 Å². The molecule has 2 amide bonds. The van der Waals surface area contributed by atoms with Gasteiger partial charge in [0.25, 0.3) is 11.8 Å². The summed E-state index contributed by atoms with van der Waals surface area (Å²) >= 11 is 0. The minimum atomic E-state index is -0.701. The SMILES string of the molecule is O=C(CN1C(=O)c2ccccc2C1=O)ON=C1CCCCC1. The van der Waals surface area contributed by atoms with Crippen molar-refractivity contribution < 1.29 is 19.2 Å². The molecule has 0 saturated heterocycles. The molecule has 1 saturated carbocycles. The van der Waals surface area contributed by atoms with Gasteiger partial charge in [-0.25, -0.2) is 4.79 Å². The van der Waals surface area contributed by atoms with E-state index in [9.17, 15) is 14.4 Å². The minimum Gasteiger partial charge on any atom is -0.316 e. The molecule has 6 heteroatoms. The van der Waals surface area contributed by atoms with E-state index in [1.807, 2.05) is 0 Å². The Morgan fingerprint density at radius 1 is 1.05 bits per heavy atom. The number of nitrogens with zero attached hydrogens (tertiary/aromatic N) is 2. The van der Waals surface area contributed by atoms with E-state index < -0.39 is 24.3 Å². The molecule has 0 atom stereocenters. The maximum absolute atomic E-state index is 12.1. The van der Waals surface area contributed by atoms with Gasteiger partial charge in [-0.2, -0.15) is 0 Å². The van der Waals surface area contributed by atoms with E-state index in [0.717, 1.165) is 36.3 Å². The number of carbonyl (C=O) groups is 3. The Morgan fingerprint density at radius 2 is 1.64 bits per heavy atom. The van der Waals surface area contributed by atoms with E-state index in [1.165, 1.54) is 6.42 Å². The Labute approximate surface area is 127 Å². The third kappa shape index (κ3) is 2.77. The Balaban J connectivity index is 1.63. The van der Waals surface area contributed by atoms with Crippen LogP contribution in [0.4, 0.5) is 0 Å². The van der Waals surface area contributed by atoms with Crippen LogP contribution in [-0.4, -0.2) is 34.9 Å². The lowest BCUT2D eigenvalue weighted by molar-refractivity contribution is -0.143. The number of rotatable bonds is 3. The van der Waals surface area contributed by atoms with E-state index in [2.05, 4.69) is 5.16 Å². The second-order valence-corrected chi connectivity index (χ2v) is 5.42. The van der Waals surface area contributed by atoms with Crippen LogP contribution >= 0.6 is 0 Å². The number of oxime groups is 1. The van der Waals surface area contributed by atoms with Crippen molar-refractivity contribution in [3.05, 3.63) is 35.4 Å². The van der Waals surface area contributed by atoms with Crippen molar-refractivity contribution >= 4 is 23.5 Å². The molecule has 114 valence electrons. The van der Waals surface area contributed by atoms with E-state index in [0.29, 0.717) is 11.1 Å². The number of amides is 2. The van der Waals surface area contributed by atoms with Gasteiger partial charge >= 0.3 is 5.97 Å². The lowest BCUT2D eigenvalue weighted by Gasteiger charge is -2.13. The molecule has 0 N–H and O–H groups in total. The number of hydrogen-bond donors (Lipinski definition) is 0. The summed E-state index contributed by atoms with van der Waals surface area (Å²) < 4.78 is 0. The van der Waals surface area contributed by atoms with Crippen LogP contribution in [0, 0.1) is 0 Å². The van der Waals surface area contributed by atoms with Crippen molar-refractivity contribution in [2.24, 2.45) is 5.16 Å². The fraction of sp³-hybridized carbons (Fsp3) is 0.375. The van der Waals surface area contributed by atoms with Crippen molar-refractivity contribution in [2.45, 2.75) is 32.1 Å². The maximum Gasteiger partial charge on any atom is 0.354 e. The van der Waals surface area contributed by atoms with Gasteiger partial charge in [-0.3, -0.25) is 14.5 Å². The molecule has 0 spiro atoms. The highest BCUT2D eigenvalue weighted by molar-refractivity contribution is 6.22. The van der Waals surface area contributed by atoms with E-state index >= 15 is 0 Å². The van der Waals surface area contributed by atoms with Crippen molar-refractivity contribution in [1.29, 1.82) is 0 Å². The first-order valence-electron chi connectivity index (χ1n) is 7.37. The van der Waals surface area contributed by atoms with Crippen LogP contribution in [-0.2, 0) is 9.63 Å². The van der Waals surface area contributed by atoms with Gasteiger partial charge in [0.15, 0.2) is 0 Å². The summed E-state index contributed by atoms with van der Waals surface area (Å²) in [6, 6.07) is 6.51. The van der Waals surface area contributed by atoms with Crippen LogP contribution in [0.2, 0.25) is 0 Å². The van der Waals surface area contributed by atoms with Gasteiger partial charge in [0.1, 0.15) is 6.54 Å². The van der Waals surface area contributed by atoms with Crippen LogP contribution in [0.1, 0.15) is 52.8 Å². The second kappa shape index (κ2) is 6.09. The summed E-state index contributed by atoms with van der Waals surface area (Å²) in [6.45, 7) is -0.414. The zero-order valence-electron chi connectivity index (χ0n) is 12.1. The quantitative estimate of drug-likeness (QED) is 0.487. The normalized spacial score (nSPS) is 17.5. The standard InChI is InChI=1S/C16H16N2O4/c19-14(22-17-11-6-2-1-3-7-11)10-18-15(20)12-8-4-5-9-13(12)16(18)21/h4-5,8-9H,1-3,6-7,10H2. The Hall–Kier alpha value is -2.50. The monoisotopic (exact) mass is 300 g/mol. The average molecular weight is 300 g/mol. The van der Waals surface area contributed by atoms with Gasteiger partial charge in [-0.05, 0) is 37.8 Å².